The van der Waals surface area contributed by atoms with E-state index in [0.717, 1.165) is 6.42 Å². The average molecular weight is 286 g/mol. The van der Waals surface area contributed by atoms with Gasteiger partial charge in [-0.3, -0.25) is 9.13 Å². The van der Waals surface area contributed by atoms with Crippen LogP contribution in [0.3, 0.4) is 0 Å². The highest BCUT2D eigenvalue weighted by Gasteiger charge is 2.08. The molecule has 18 heavy (non-hydrogen) atoms. The first-order valence-electron chi connectivity index (χ1n) is 5.68. The molecule has 0 aromatic carbocycles. The molecular formula is C12H13Cl2N3O. The quantitative estimate of drug-likeness (QED) is 0.811. The fourth-order valence-electron chi connectivity index (χ4n) is 1.71. The summed E-state index contributed by atoms with van der Waals surface area (Å²) < 4.78 is 3.23. The maximum atomic E-state index is 12.0. The van der Waals surface area contributed by atoms with Crippen LogP contribution in [-0.2, 0) is 13.1 Å². The highest BCUT2D eigenvalue weighted by atomic mass is 35.5. The second kappa shape index (κ2) is 5.59. The zero-order valence-electron chi connectivity index (χ0n) is 9.94. The van der Waals surface area contributed by atoms with E-state index in [4.69, 9.17) is 23.2 Å². The van der Waals surface area contributed by atoms with Gasteiger partial charge < -0.3 is 0 Å². The second-order valence-corrected chi connectivity index (χ2v) is 4.76. The summed E-state index contributed by atoms with van der Waals surface area (Å²) in [5.74, 6) is 0. The van der Waals surface area contributed by atoms with E-state index in [1.807, 2.05) is 6.92 Å². The Labute approximate surface area is 115 Å². The summed E-state index contributed by atoms with van der Waals surface area (Å²) in [5, 5.41) is 0.880. The van der Waals surface area contributed by atoms with Gasteiger partial charge in [0.2, 0.25) is 0 Å². The van der Waals surface area contributed by atoms with Gasteiger partial charge in [0.25, 0.3) is 0 Å². The Morgan fingerprint density at radius 1 is 1.22 bits per heavy atom. The lowest BCUT2D eigenvalue weighted by atomic mass is 10.3. The maximum Gasteiger partial charge on any atom is 0.328 e. The molecule has 4 nitrogen and oxygen atoms in total. The number of pyridine rings is 1. The van der Waals surface area contributed by atoms with Crippen LogP contribution in [0.4, 0.5) is 0 Å². The van der Waals surface area contributed by atoms with Crippen molar-refractivity contribution in [3.05, 3.63) is 50.9 Å². The van der Waals surface area contributed by atoms with Crippen LogP contribution in [0, 0.1) is 0 Å². The molecule has 0 radical (unpaired) electrons. The third-order valence-corrected chi connectivity index (χ3v) is 3.14. The molecule has 0 atom stereocenters. The van der Waals surface area contributed by atoms with Crippen molar-refractivity contribution in [3.8, 4) is 0 Å². The Kier molecular flexibility index (Phi) is 4.09. The summed E-state index contributed by atoms with van der Waals surface area (Å²) in [6, 6.07) is 3.30. The van der Waals surface area contributed by atoms with E-state index in [9.17, 15) is 4.79 Å². The molecule has 2 aromatic rings. The van der Waals surface area contributed by atoms with E-state index >= 15 is 0 Å². The van der Waals surface area contributed by atoms with Gasteiger partial charge in [-0.2, -0.15) is 0 Å². The van der Waals surface area contributed by atoms with Crippen LogP contribution in [0.1, 0.15) is 19.0 Å². The molecule has 2 aromatic heterocycles. The smallest absolute Gasteiger partial charge is 0.299 e. The van der Waals surface area contributed by atoms with Crippen molar-refractivity contribution < 1.29 is 0 Å². The summed E-state index contributed by atoms with van der Waals surface area (Å²) in [7, 11) is 0. The summed E-state index contributed by atoms with van der Waals surface area (Å²) in [6.07, 6.45) is 4.42. The van der Waals surface area contributed by atoms with Crippen molar-refractivity contribution in [2.24, 2.45) is 0 Å². The maximum absolute atomic E-state index is 12.0. The molecule has 6 heteroatoms. The molecular weight excluding hydrogens is 273 g/mol. The number of imidazole rings is 1. The molecule has 0 fully saturated rings. The average Bonchev–Trinajstić information content (AvgIpc) is 2.67. The predicted octanol–water partition coefficient (Wildman–Crippen LogP) is 2.81. The van der Waals surface area contributed by atoms with Gasteiger partial charge in [-0.05, 0) is 18.6 Å². The van der Waals surface area contributed by atoms with Gasteiger partial charge in [-0.1, -0.05) is 30.1 Å². The summed E-state index contributed by atoms with van der Waals surface area (Å²) in [4.78, 5) is 16.1. The van der Waals surface area contributed by atoms with Crippen LogP contribution in [-0.4, -0.2) is 14.1 Å². The summed E-state index contributed by atoms with van der Waals surface area (Å²) in [5.41, 5.74) is 0.537. The van der Waals surface area contributed by atoms with Crippen molar-refractivity contribution in [2.75, 3.05) is 0 Å². The van der Waals surface area contributed by atoms with Gasteiger partial charge in [0.05, 0.1) is 17.3 Å². The van der Waals surface area contributed by atoms with Crippen molar-refractivity contribution in [1.29, 1.82) is 0 Å². The van der Waals surface area contributed by atoms with E-state index in [2.05, 4.69) is 4.98 Å². The van der Waals surface area contributed by atoms with Gasteiger partial charge >= 0.3 is 5.69 Å². The second-order valence-electron chi connectivity index (χ2n) is 3.96. The minimum atomic E-state index is -0.0605. The lowest BCUT2D eigenvalue weighted by molar-refractivity contribution is 0.621. The first-order chi connectivity index (χ1) is 8.61. The number of aromatic nitrogens is 3. The van der Waals surface area contributed by atoms with Crippen molar-refractivity contribution in [1.82, 2.24) is 14.1 Å². The zero-order valence-corrected chi connectivity index (χ0v) is 11.4. The highest BCUT2D eigenvalue weighted by Crippen LogP contribution is 2.17. The molecule has 0 amide bonds. The molecule has 0 bridgehead atoms. The molecule has 0 unspecified atom stereocenters. The predicted molar refractivity (Wildman–Crippen MR) is 72.3 cm³/mol. The lowest BCUT2D eigenvalue weighted by Gasteiger charge is -2.04. The topological polar surface area (TPSA) is 39.8 Å². The normalized spacial score (nSPS) is 10.8. The number of nitrogens with zero attached hydrogens (tertiary/aromatic N) is 3. The van der Waals surface area contributed by atoms with Gasteiger partial charge in [0, 0.05) is 18.9 Å². The van der Waals surface area contributed by atoms with Gasteiger partial charge in [-0.25, -0.2) is 9.78 Å². The minimum absolute atomic E-state index is 0.0605. The Morgan fingerprint density at radius 2 is 1.94 bits per heavy atom. The van der Waals surface area contributed by atoms with Crippen LogP contribution < -0.4 is 5.69 Å². The molecule has 0 saturated heterocycles. The third kappa shape index (κ3) is 2.76. The van der Waals surface area contributed by atoms with Crippen molar-refractivity contribution in [2.45, 2.75) is 26.4 Å². The van der Waals surface area contributed by atoms with Crippen LogP contribution in [0.25, 0.3) is 0 Å². The molecule has 0 spiro atoms. The standard InChI is InChI=1S/C12H13Cl2N3O/c1-2-5-16-6-7-17(12(16)18)8-10-9(13)3-4-11(14)15-10/h3-4,6-7H,2,5,8H2,1H3. The van der Waals surface area contributed by atoms with Gasteiger partial charge in [0.15, 0.2) is 0 Å². The van der Waals surface area contributed by atoms with E-state index in [0.29, 0.717) is 29.0 Å². The van der Waals surface area contributed by atoms with Crippen LogP contribution >= 0.6 is 23.2 Å². The monoisotopic (exact) mass is 285 g/mol. The zero-order chi connectivity index (χ0) is 13.1. The van der Waals surface area contributed by atoms with Gasteiger partial charge in [-0.15, -0.1) is 0 Å². The van der Waals surface area contributed by atoms with Crippen LogP contribution in [0.2, 0.25) is 10.2 Å². The molecule has 0 saturated carbocycles. The van der Waals surface area contributed by atoms with Crippen molar-refractivity contribution >= 4 is 23.2 Å². The molecule has 0 aliphatic carbocycles. The largest absolute Gasteiger partial charge is 0.328 e. The third-order valence-electron chi connectivity index (χ3n) is 2.59. The van der Waals surface area contributed by atoms with E-state index in [-0.39, 0.29) is 5.69 Å². The molecule has 0 N–H and O–H groups in total. The Bertz CT molecular complexity index is 604. The highest BCUT2D eigenvalue weighted by molar-refractivity contribution is 6.32. The van der Waals surface area contributed by atoms with Crippen LogP contribution in [0.5, 0.6) is 0 Å². The van der Waals surface area contributed by atoms with Gasteiger partial charge in [0.1, 0.15) is 5.15 Å². The van der Waals surface area contributed by atoms with Crippen LogP contribution in [0.15, 0.2) is 29.3 Å². The number of halogens is 2. The molecule has 0 aliphatic heterocycles. The fraction of sp³-hybridized carbons (Fsp3) is 0.333. The Hall–Kier alpha value is -1.26. The lowest BCUT2D eigenvalue weighted by Crippen LogP contribution is -2.24. The number of hydrogen-bond acceptors (Lipinski definition) is 2. The van der Waals surface area contributed by atoms with E-state index in [1.54, 1.807) is 33.7 Å². The summed E-state index contributed by atoms with van der Waals surface area (Å²) >= 11 is 11.8. The first-order valence-corrected chi connectivity index (χ1v) is 6.44. The number of aryl methyl sites for hydroxylation is 1. The molecule has 2 rings (SSSR count). The first kappa shape index (κ1) is 13.2. The Morgan fingerprint density at radius 3 is 2.67 bits per heavy atom. The van der Waals surface area contributed by atoms with Crippen molar-refractivity contribution in [3.63, 3.8) is 0 Å². The molecule has 2 heterocycles. The molecule has 96 valence electrons. The van der Waals surface area contributed by atoms with E-state index < -0.39 is 0 Å². The fourth-order valence-corrected chi connectivity index (χ4v) is 2.04. The SMILES string of the molecule is CCCn1ccn(Cc2nc(Cl)ccc2Cl)c1=O. The summed E-state index contributed by atoms with van der Waals surface area (Å²) in [6.45, 7) is 3.07. The number of hydrogen-bond donors (Lipinski definition) is 0. The number of rotatable bonds is 4. The van der Waals surface area contributed by atoms with E-state index in [1.165, 1.54) is 0 Å². The minimum Gasteiger partial charge on any atom is -0.299 e. The Balaban J connectivity index is 2.29. The molecule has 0 aliphatic rings.